The summed E-state index contributed by atoms with van der Waals surface area (Å²) in [4.78, 5) is 27.8. The number of para-hydroxylation sites is 1. The van der Waals surface area contributed by atoms with E-state index in [1.165, 1.54) is 6.42 Å². The molecule has 0 aliphatic carbocycles. The number of hydrogen-bond donors (Lipinski definition) is 3. The third-order valence-electron chi connectivity index (χ3n) is 5.82. The van der Waals surface area contributed by atoms with Gasteiger partial charge in [0.05, 0.1) is 11.3 Å². The van der Waals surface area contributed by atoms with Gasteiger partial charge >= 0.3 is 0 Å². The number of nitrogens with one attached hydrogen (secondary N) is 3. The van der Waals surface area contributed by atoms with Crippen molar-refractivity contribution in [1.29, 1.82) is 5.41 Å². The van der Waals surface area contributed by atoms with Crippen LogP contribution < -0.4 is 10.6 Å². The quantitative estimate of drug-likeness (QED) is 0.371. The Hall–Kier alpha value is -3.93. The van der Waals surface area contributed by atoms with E-state index in [-0.39, 0.29) is 11.8 Å². The number of piperidine rings is 1. The van der Waals surface area contributed by atoms with E-state index in [0.717, 1.165) is 37.1 Å². The number of nitrogens with zero attached hydrogens (tertiary/aromatic N) is 1. The van der Waals surface area contributed by atoms with Gasteiger partial charge in [-0.3, -0.25) is 15.0 Å². The molecule has 1 fully saturated rings. The van der Waals surface area contributed by atoms with Gasteiger partial charge in [0.2, 0.25) is 0 Å². The van der Waals surface area contributed by atoms with Gasteiger partial charge in [0, 0.05) is 29.9 Å². The maximum Gasteiger partial charge on any atom is 0.257 e. The van der Waals surface area contributed by atoms with Crippen LogP contribution >= 0.6 is 0 Å². The molecule has 0 bridgehead atoms. The second kappa shape index (κ2) is 10.1. The lowest BCUT2D eigenvalue weighted by Crippen LogP contribution is -2.35. The summed E-state index contributed by atoms with van der Waals surface area (Å²) < 4.78 is 0. The molecule has 6 nitrogen and oxygen atoms in total. The van der Waals surface area contributed by atoms with Crippen molar-refractivity contribution in [3.8, 4) is 0 Å². The predicted molar refractivity (Wildman–Crippen MR) is 132 cm³/mol. The number of hydrogen-bond acceptors (Lipinski definition) is 3. The molecule has 0 unspecified atom stereocenters. The molecule has 6 heteroatoms. The van der Waals surface area contributed by atoms with E-state index in [0.29, 0.717) is 28.3 Å². The van der Waals surface area contributed by atoms with Crippen LogP contribution in [0.1, 0.15) is 51.1 Å². The van der Waals surface area contributed by atoms with E-state index >= 15 is 0 Å². The molecule has 0 spiro atoms. The van der Waals surface area contributed by atoms with Gasteiger partial charge in [-0.05, 0) is 62.6 Å². The summed E-state index contributed by atoms with van der Waals surface area (Å²) in [5, 5.41) is 14.2. The number of aryl methyl sites for hydroxylation is 1. The maximum atomic E-state index is 12.9. The molecule has 4 rings (SSSR count). The smallest absolute Gasteiger partial charge is 0.257 e. The third-order valence-corrected chi connectivity index (χ3v) is 5.82. The van der Waals surface area contributed by atoms with Gasteiger partial charge in [-0.2, -0.15) is 0 Å². The van der Waals surface area contributed by atoms with Crippen LogP contribution in [0.15, 0.2) is 72.8 Å². The van der Waals surface area contributed by atoms with Crippen molar-refractivity contribution in [3.63, 3.8) is 0 Å². The average molecular weight is 441 g/mol. The van der Waals surface area contributed by atoms with Crippen molar-refractivity contribution in [2.24, 2.45) is 0 Å². The van der Waals surface area contributed by atoms with E-state index < -0.39 is 0 Å². The zero-order valence-corrected chi connectivity index (χ0v) is 18.7. The van der Waals surface area contributed by atoms with Crippen molar-refractivity contribution in [1.82, 2.24) is 4.90 Å². The van der Waals surface area contributed by atoms with Crippen LogP contribution in [0.25, 0.3) is 0 Å². The summed E-state index contributed by atoms with van der Waals surface area (Å²) in [6.45, 7) is 3.80. The Labute approximate surface area is 194 Å². The lowest BCUT2D eigenvalue weighted by Gasteiger charge is -2.29. The van der Waals surface area contributed by atoms with Gasteiger partial charge in [-0.25, -0.2) is 0 Å². The summed E-state index contributed by atoms with van der Waals surface area (Å²) >= 11 is 0. The zero-order valence-electron chi connectivity index (χ0n) is 18.7. The molecule has 1 aliphatic rings. The van der Waals surface area contributed by atoms with Crippen LogP contribution in [0.4, 0.5) is 11.4 Å². The van der Waals surface area contributed by atoms with E-state index in [1.807, 2.05) is 43.3 Å². The van der Waals surface area contributed by atoms with Gasteiger partial charge in [0.1, 0.15) is 5.84 Å². The van der Waals surface area contributed by atoms with Gasteiger partial charge in [0.25, 0.3) is 11.8 Å². The van der Waals surface area contributed by atoms with Crippen molar-refractivity contribution in [3.05, 3.63) is 95.1 Å². The second-order valence-corrected chi connectivity index (χ2v) is 8.29. The largest absolute Gasteiger partial charge is 0.357 e. The van der Waals surface area contributed by atoms with Crippen molar-refractivity contribution < 1.29 is 9.59 Å². The van der Waals surface area contributed by atoms with Crippen molar-refractivity contribution >= 4 is 29.0 Å². The van der Waals surface area contributed by atoms with Crippen LogP contribution in [0.5, 0.6) is 0 Å². The van der Waals surface area contributed by atoms with Crippen LogP contribution in [-0.2, 0) is 0 Å². The van der Waals surface area contributed by atoms with E-state index in [2.05, 4.69) is 15.5 Å². The molecule has 3 N–H and O–H groups in total. The fourth-order valence-corrected chi connectivity index (χ4v) is 3.90. The zero-order chi connectivity index (χ0) is 23.2. The summed E-state index contributed by atoms with van der Waals surface area (Å²) in [6, 6.07) is 21.5. The Morgan fingerprint density at radius 3 is 2.09 bits per heavy atom. The van der Waals surface area contributed by atoms with Crippen LogP contribution in [-0.4, -0.2) is 35.6 Å². The van der Waals surface area contributed by atoms with Crippen LogP contribution in [0.3, 0.4) is 0 Å². The Morgan fingerprint density at radius 2 is 1.39 bits per heavy atom. The highest BCUT2D eigenvalue weighted by atomic mass is 16.2. The minimum Gasteiger partial charge on any atom is -0.357 e. The minimum atomic E-state index is -0.304. The molecule has 0 saturated carbocycles. The summed E-state index contributed by atoms with van der Waals surface area (Å²) in [5.74, 6) is -0.0958. The highest BCUT2D eigenvalue weighted by molar-refractivity contribution is 6.12. The number of anilines is 2. The fourth-order valence-electron chi connectivity index (χ4n) is 3.90. The standard InChI is InChI=1S/C27H28N4O2/c1-19-9-15-22(16-10-19)29-27(33)23-7-3-4-8-24(23)30-26(32)21-13-11-20(12-14-21)25(28)31-17-5-2-6-18-31/h3-4,7-16,28H,2,5-6,17-18H2,1H3,(H,29,33)(H,30,32). The van der Waals surface area contributed by atoms with Crippen molar-refractivity contribution in [2.75, 3.05) is 23.7 Å². The molecule has 33 heavy (non-hydrogen) atoms. The van der Waals surface area contributed by atoms with Gasteiger partial charge in [-0.15, -0.1) is 0 Å². The number of carbonyl (C=O) groups is 2. The predicted octanol–water partition coefficient (Wildman–Crippen LogP) is 5.31. The third kappa shape index (κ3) is 5.47. The molecule has 0 radical (unpaired) electrons. The van der Waals surface area contributed by atoms with Gasteiger partial charge < -0.3 is 15.5 Å². The normalized spacial score (nSPS) is 13.3. The van der Waals surface area contributed by atoms with E-state index in [1.54, 1.807) is 36.4 Å². The molecule has 1 saturated heterocycles. The molecule has 2 amide bonds. The lowest BCUT2D eigenvalue weighted by atomic mass is 10.1. The molecule has 168 valence electrons. The molecular weight excluding hydrogens is 412 g/mol. The Balaban J connectivity index is 1.44. The number of carbonyl (C=O) groups excluding carboxylic acids is 2. The molecule has 0 aromatic heterocycles. The van der Waals surface area contributed by atoms with Crippen molar-refractivity contribution in [2.45, 2.75) is 26.2 Å². The highest BCUT2D eigenvalue weighted by Gasteiger charge is 2.17. The monoisotopic (exact) mass is 440 g/mol. The first kappa shape index (κ1) is 22.3. The van der Waals surface area contributed by atoms with E-state index in [9.17, 15) is 9.59 Å². The highest BCUT2D eigenvalue weighted by Crippen LogP contribution is 2.20. The average Bonchev–Trinajstić information content (AvgIpc) is 2.86. The number of amidine groups is 1. The molecule has 1 aliphatic heterocycles. The van der Waals surface area contributed by atoms with E-state index in [4.69, 9.17) is 5.41 Å². The first-order valence-corrected chi connectivity index (χ1v) is 11.2. The van der Waals surface area contributed by atoms with Gasteiger partial charge in [0.15, 0.2) is 0 Å². The molecule has 0 atom stereocenters. The van der Waals surface area contributed by atoms with Crippen LogP contribution in [0, 0.1) is 12.3 Å². The molecule has 1 heterocycles. The SMILES string of the molecule is Cc1ccc(NC(=O)c2ccccc2NC(=O)c2ccc(C(=N)N3CCCCC3)cc2)cc1. The molecule has 3 aromatic carbocycles. The number of rotatable bonds is 5. The molecular formula is C27H28N4O2. The Morgan fingerprint density at radius 1 is 0.758 bits per heavy atom. The molecule has 3 aromatic rings. The Kier molecular flexibility index (Phi) is 6.83. The summed E-state index contributed by atoms with van der Waals surface area (Å²) in [6.07, 6.45) is 3.44. The fraction of sp³-hybridized carbons (Fsp3) is 0.222. The van der Waals surface area contributed by atoms with Crippen LogP contribution in [0.2, 0.25) is 0 Å². The first-order chi connectivity index (χ1) is 16.0. The minimum absolute atomic E-state index is 0.292. The number of likely N-dealkylation sites (tertiary alicyclic amines) is 1. The lowest BCUT2D eigenvalue weighted by molar-refractivity contribution is 0.102. The first-order valence-electron chi connectivity index (χ1n) is 11.2. The number of amides is 2. The topological polar surface area (TPSA) is 85.3 Å². The maximum absolute atomic E-state index is 12.9. The summed E-state index contributed by atoms with van der Waals surface area (Å²) in [5.41, 5.74) is 3.90. The second-order valence-electron chi connectivity index (χ2n) is 8.29. The number of benzene rings is 3. The van der Waals surface area contributed by atoms with Gasteiger partial charge in [-0.1, -0.05) is 42.0 Å². The summed E-state index contributed by atoms with van der Waals surface area (Å²) in [7, 11) is 0. The Bertz CT molecular complexity index is 1150.